The molecule has 0 atom stereocenters. The average molecular weight is 310 g/mol. The zero-order valence-corrected chi connectivity index (χ0v) is 13.9. The number of piperidine rings is 1. The van der Waals surface area contributed by atoms with E-state index >= 15 is 0 Å². The van der Waals surface area contributed by atoms with E-state index in [0.717, 1.165) is 37.1 Å². The summed E-state index contributed by atoms with van der Waals surface area (Å²) in [5, 5.41) is 3.44. The Kier molecular flexibility index (Phi) is 5.59. The fraction of sp³-hybridized carbons (Fsp3) is 0.474. The molecule has 1 N–H and O–H groups in total. The van der Waals surface area contributed by atoms with Crippen LogP contribution in [0.1, 0.15) is 31.2 Å². The summed E-state index contributed by atoms with van der Waals surface area (Å²) < 4.78 is 0. The standard InChI is InChI=1S/C19H26N4/c1-16-8-12-23(13-9-16)14-11-21-18-7-10-20-19(22-18)15-17-5-3-2-4-6-17/h2-7,10,16H,8-9,11-15H2,1H3,(H,20,21,22). The average Bonchev–Trinajstić information content (AvgIpc) is 2.58. The molecule has 2 aromatic rings. The van der Waals surface area contributed by atoms with Gasteiger partial charge in [-0.3, -0.25) is 0 Å². The van der Waals surface area contributed by atoms with Crippen LogP contribution in [0.4, 0.5) is 5.82 Å². The van der Waals surface area contributed by atoms with E-state index in [-0.39, 0.29) is 0 Å². The molecule has 1 aliphatic heterocycles. The summed E-state index contributed by atoms with van der Waals surface area (Å²) in [6, 6.07) is 12.3. The number of nitrogens with zero attached hydrogens (tertiary/aromatic N) is 3. The van der Waals surface area contributed by atoms with Crippen molar-refractivity contribution in [2.45, 2.75) is 26.2 Å². The van der Waals surface area contributed by atoms with Crippen LogP contribution in [0.25, 0.3) is 0 Å². The summed E-state index contributed by atoms with van der Waals surface area (Å²) in [5.41, 5.74) is 1.24. The Hall–Kier alpha value is -1.94. The smallest absolute Gasteiger partial charge is 0.135 e. The molecule has 0 aliphatic carbocycles. The molecule has 0 radical (unpaired) electrons. The Labute approximate surface area is 139 Å². The molecule has 2 heterocycles. The van der Waals surface area contributed by atoms with Crippen LogP contribution in [0, 0.1) is 5.92 Å². The third-order valence-electron chi connectivity index (χ3n) is 4.52. The first-order valence-corrected chi connectivity index (χ1v) is 8.61. The molecule has 0 saturated carbocycles. The number of rotatable bonds is 6. The van der Waals surface area contributed by atoms with E-state index < -0.39 is 0 Å². The summed E-state index contributed by atoms with van der Waals surface area (Å²) in [4.78, 5) is 11.5. The van der Waals surface area contributed by atoms with Crippen molar-refractivity contribution < 1.29 is 0 Å². The van der Waals surface area contributed by atoms with E-state index in [0.29, 0.717) is 0 Å². The number of anilines is 1. The molecule has 0 amide bonds. The van der Waals surface area contributed by atoms with Gasteiger partial charge < -0.3 is 10.2 Å². The van der Waals surface area contributed by atoms with E-state index in [1.165, 1.54) is 31.5 Å². The lowest BCUT2D eigenvalue weighted by Crippen LogP contribution is -2.36. The van der Waals surface area contributed by atoms with E-state index in [2.05, 4.69) is 51.4 Å². The molecule has 3 rings (SSSR count). The van der Waals surface area contributed by atoms with E-state index in [4.69, 9.17) is 0 Å². The summed E-state index contributed by atoms with van der Waals surface area (Å²) in [6.45, 7) is 6.84. The van der Waals surface area contributed by atoms with Crippen molar-refractivity contribution in [3.8, 4) is 0 Å². The molecule has 23 heavy (non-hydrogen) atoms. The number of hydrogen-bond donors (Lipinski definition) is 1. The van der Waals surface area contributed by atoms with Crippen LogP contribution in [0.2, 0.25) is 0 Å². The number of likely N-dealkylation sites (tertiary alicyclic amines) is 1. The first-order valence-electron chi connectivity index (χ1n) is 8.61. The van der Waals surface area contributed by atoms with Crippen molar-refractivity contribution in [1.82, 2.24) is 14.9 Å². The van der Waals surface area contributed by atoms with Gasteiger partial charge in [-0.2, -0.15) is 0 Å². The van der Waals surface area contributed by atoms with Crippen molar-refractivity contribution in [2.24, 2.45) is 5.92 Å². The van der Waals surface area contributed by atoms with Crippen LogP contribution >= 0.6 is 0 Å². The number of aromatic nitrogens is 2. The molecule has 4 heteroatoms. The van der Waals surface area contributed by atoms with E-state index in [1.54, 1.807) is 0 Å². The van der Waals surface area contributed by atoms with Gasteiger partial charge in [0.2, 0.25) is 0 Å². The van der Waals surface area contributed by atoms with Gasteiger partial charge in [0, 0.05) is 25.7 Å². The van der Waals surface area contributed by atoms with Gasteiger partial charge in [0.1, 0.15) is 11.6 Å². The topological polar surface area (TPSA) is 41.0 Å². The van der Waals surface area contributed by atoms with E-state index in [1.807, 2.05) is 18.3 Å². The predicted octanol–water partition coefficient (Wildman–Crippen LogP) is 3.21. The molecule has 1 aliphatic rings. The zero-order chi connectivity index (χ0) is 15.9. The maximum absolute atomic E-state index is 4.62. The van der Waals surface area contributed by atoms with Gasteiger partial charge in [-0.15, -0.1) is 0 Å². The maximum Gasteiger partial charge on any atom is 0.135 e. The first kappa shape index (κ1) is 15.9. The Bertz CT molecular complexity index is 591. The molecule has 122 valence electrons. The van der Waals surface area contributed by atoms with Gasteiger partial charge in [0.05, 0.1) is 0 Å². The highest BCUT2D eigenvalue weighted by atomic mass is 15.1. The van der Waals surface area contributed by atoms with Crippen LogP contribution in [0.15, 0.2) is 42.6 Å². The second-order valence-corrected chi connectivity index (χ2v) is 6.47. The largest absolute Gasteiger partial charge is 0.369 e. The van der Waals surface area contributed by atoms with Crippen molar-refractivity contribution in [2.75, 3.05) is 31.5 Å². The molecule has 1 saturated heterocycles. The second-order valence-electron chi connectivity index (χ2n) is 6.47. The van der Waals surface area contributed by atoms with Gasteiger partial charge in [-0.05, 0) is 43.5 Å². The van der Waals surface area contributed by atoms with Crippen LogP contribution in [0.3, 0.4) is 0 Å². The quantitative estimate of drug-likeness (QED) is 0.889. The Morgan fingerprint density at radius 1 is 1.13 bits per heavy atom. The Morgan fingerprint density at radius 3 is 2.70 bits per heavy atom. The van der Waals surface area contributed by atoms with Gasteiger partial charge in [0.15, 0.2) is 0 Å². The minimum absolute atomic E-state index is 0.778. The third kappa shape index (κ3) is 5.03. The van der Waals surface area contributed by atoms with Crippen LogP contribution in [0.5, 0.6) is 0 Å². The maximum atomic E-state index is 4.62. The minimum Gasteiger partial charge on any atom is -0.369 e. The molecule has 0 spiro atoms. The molecule has 4 nitrogen and oxygen atoms in total. The molecule has 1 aromatic heterocycles. The molecule has 1 aromatic carbocycles. The number of benzene rings is 1. The second kappa shape index (κ2) is 8.06. The highest BCUT2D eigenvalue weighted by Crippen LogP contribution is 2.15. The van der Waals surface area contributed by atoms with Gasteiger partial charge in [-0.1, -0.05) is 37.3 Å². The molecular weight excluding hydrogens is 284 g/mol. The SMILES string of the molecule is CC1CCN(CCNc2ccnc(Cc3ccccc3)n2)CC1. The van der Waals surface area contributed by atoms with Crippen LogP contribution in [-0.4, -0.2) is 41.0 Å². The van der Waals surface area contributed by atoms with Crippen molar-refractivity contribution in [3.05, 3.63) is 54.0 Å². The molecular formula is C19H26N4. The fourth-order valence-electron chi connectivity index (χ4n) is 2.99. The van der Waals surface area contributed by atoms with Gasteiger partial charge >= 0.3 is 0 Å². The summed E-state index contributed by atoms with van der Waals surface area (Å²) in [7, 11) is 0. The normalized spacial score (nSPS) is 16.4. The summed E-state index contributed by atoms with van der Waals surface area (Å²) in [6.07, 6.45) is 5.28. The van der Waals surface area contributed by atoms with E-state index in [9.17, 15) is 0 Å². The van der Waals surface area contributed by atoms with Crippen molar-refractivity contribution in [3.63, 3.8) is 0 Å². The zero-order valence-electron chi connectivity index (χ0n) is 13.9. The number of nitrogens with one attached hydrogen (secondary N) is 1. The summed E-state index contributed by atoms with van der Waals surface area (Å²) >= 11 is 0. The van der Waals surface area contributed by atoms with Crippen molar-refractivity contribution >= 4 is 5.82 Å². The lowest BCUT2D eigenvalue weighted by atomic mass is 9.99. The van der Waals surface area contributed by atoms with Gasteiger partial charge in [0.25, 0.3) is 0 Å². The highest BCUT2D eigenvalue weighted by Gasteiger charge is 2.14. The highest BCUT2D eigenvalue weighted by molar-refractivity contribution is 5.33. The molecule has 1 fully saturated rings. The lowest BCUT2D eigenvalue weighted by molar-refractivity contribution is 0.199. The Balaban J connectivity index is 1.48. The van der Waals surface area contributed by atoms with Crippen molar-refractivity contribution in [1.29, 1.82) is 0 Å². The minimum atomic E-state index is 0.778. The molecule has 0 unspecified atom stereocenters. The predicted molar refractivity (Wildman–Crippen MR) is 94.6 cm³/mol. The number of hydrogen-bond acceptors (Lipinski definition) is 4. The van der Waals surface area contributed by atoms with Crippen LogP contribution in [-0.2, 0) is 6.42 Å². The first-order chi connectivity index (χ1) is 11.3. The summed E-state index contributed by atoms with van der Waals surface area (Å²) in [5.74, 6) is 2.69. The Morgan fingerprint density at radius 2 is 1.91 bits per heavy atom. The molecule has 0 bridgehead atoms. The van der Waals surface area contributed by atoms with Gasteiger partial charge in [-0.25, -0.2) is 9.97 Å². The third-order valence-corrected chi connectivity index (χ3v) is 4.52. The fourth-order valence-corrected chi connectivity index (χ4v) is 2.99. The van der Waals surface area contributed by atoms with Crippen LogP contribution < -0.4 is 5.32 Å². The lowest BCUT2D eigenvalue weighted by Gasteiger charge is -2.30. The monoisotopic (exact) mass is 310 g/mol.